The van der Waals surface area contributed by atoms with Gasteiger partial charge in [-0.05, 0) is 50.6 Å². The number of carbonyl (C=O) groups excluding carboxylic acids is 1. The van der Waals surface area contributed by atoms with Gasteiger partial charge in [0, 0.05) is 31.4 Å². The van der Waals surface area contributed by atoms with Crippen LogP contribution in [0.3, 0.4) is 0 Å². The largest absolute Gasteiger partial charge is 0.326 e. The molecule has 0 saturated carbocycles. The highest BCUT2D eigenvalue weighted by Gasteiger charge is 2.13. The smallest absolute Gasteiger partial charge is 0.240 e. The van der Waals surface area contributed by atoms with E-state index >= 15 is 0 Å². The highest BCUT2D eigenvalue weighted by molar-refractivity contribution is 7.89. The van der Waals surface area contributed by atoms with Crippen LogP contribution in [0.5, 0.6) is 0 Å². The molecule has 2 rings (SSSR count). The molecule has 1 aromatic carbocycles. The highest BCUT2D eigenvalue weighted by atomic mass is 32.2. The van der Waals surface area contributed by atoms with Gasteiger partial charge in [-0.15, -0.1) is 0 Å². The van der Waals surface area contributed by atoms with Gasteiger partial charge in [0.05, 0.1) is 10.6 Å². The first-order valence-electron chi connectivity index (χ1n) is 7.66. The van der Waals surface area contributed by atoms with Gasteiger partial charge in [0.25, 0.3) is 0 Å². The Hall–Kier alpha value is -2.19. The number of rotatable bonds is 7. The number of hydrogen-bond donors (Lipinski definition) is 2. The fourth-order valence-electron chi connectivity index (χ4n) is 2.34. The fraction of sp³-hybridized carbons (Fsp3) is 0.375. The summed E-state index contributed by atoms with van der Waals surface area (Å²) in [5, 5.41) is 6.94. The molecule has 1 aromatic heterocycles. The van der Waals surface area contributed by atoms with Crippen LogP contribution in [0.1, 0.15) is 24.7 Å². The number of aromatic nitrogens is 2. The van der Waals surface area contributed by atoms with Crippen LogP contribution in [0, 0.1) is 13.8 Å². The van der Waals surface area contributed by atoms with E-state index in [0.29, 0.717) is 25.2 Å². The average molecular weight is 350 g/mol. The van der Waals surface area contributed by atoms with Gasteiger partial charge in [0.1, 0.15) is 0 Å². The first-order valence-corrected chi connectivity index (χ1v) is 9.14. The maximum absolute atomic E-state index is 12.2. The van der Waals surface area contributed by atoms with Crippen LogP contribution in [0.15, 0.2) is 35.2 Å². The molecule has 8 heteroatoms. The van der Waals surface area contributed by atoms with Crippen LogP contribution in [0.4, 0.5) is 5.69 Å². The van der Waals surface area contributed by atoms with E-state index in [4.69, 9.17) is 0 Å². The molecule has 0 aliphatic heterocycles. The summed E-state index contributed by atoms with van der Waals surface area (Å²) in [6.07, 6.45) is 0.644. The van der Waals surface area contributed by atoms with Crippen molar-refractivity contribution in [3.8, 4) is 0 Å². The monoisotopic (exact) mass is 350 g/mol. The predicted octanol–water partition coefficient (Wildman–Crippen LogP) is 1.83. The molecule has 7 nitrogen and oxygen atoms in total. The minimum Gasteiger partial charge on any atom is -0.326 e. The molecule has 0 saturated heterocycles. The average Bonchev–Trinajstić information content (AvgIpc) is 2.81. The van der Waals surface area contributed by atoms with E-state index in [2.05, 4.69) is 15.1 Å². The van der Waals surface area contributed by atoms with Gasteiger partial charge < -0.3 is 5.32 Å². The molecule has 0 bridgehead atoms. The first kappa shape index (κ1) is 18.2. The highest BCUT2D eigenvalue weighted by Crippen LogP contribution is 2.14. The lowest BCUT2D eigenvalue weighted by molar-refractivity contribution is -0.114. The topological polar surface area (TPSA) is 93.1 Å². The maximum Gasteiger partial charge on any atom is 0.240 e. The first-order chi connectivity index (χ1) is 11.3. The zero-order chi connectivity index (χ0) is 17.7. The number of benzene rings is 1. The van der Waals surface area contributed by atoms with Crippen molar-refractivity contribution in [3.05, 3.63) is 41.7 Å². The Morgan fingerprint density at radius 2 is 1.88 bits per heavy atom. The number of sulfonamides is 1. The zero-order valence-corrected chi connectivity index (χ0v) is 14.9. The Kier molecular flexibility index (Phi) is 5.74. The van der Waals surface area contributed by atoms with Crippen molar-refractivity contribution < 1.29 is 13.2 Å². The molecule has 2 N–H and O–H groups in total. The van der Waals surface area contributed by atoms with Gasteiger partial charge in [-0.1, -0.05) is 0 Å². The zero-order valence-electron chi connectivity index (χ0n) is 14.0. The molecular formula is C16H22N4O3S. The molecular weight excluding hydrogens is 328 g/mol. The Bertz CT molecular complexity index is 810. The van der Waals surface area contributed by atoms with Gasteiger partial charge in [0.2, 0.25) is 15.9 Å². The third-order valence-corrected chi connectivity index (χ3v) is 4.90. The third kappa shape index (κ3) is 4.90. The van der Waals surface area contributed by atoms with E-state index < -0.39 is 10.0 Å². The van der Waals surface area contributed by atoms with Crippen molar-refractivity contribution in [2.24, 2.45) is 0 Å². The molecule has 1 heterocycles. The number of hydrogen-bond acceptors (Lipinski definition) is 4. The molecule has 130 valence electrons. The predicted molar refractivity (Wildman–Crippen MR) is 92.3 cm³/mol. The van der Waals surface area contributed by atoms with E-state index in [-0.39, 0.29) is 10.8 Å². The molecule has 0 aliphatic rings. The Balaban J connectivity index is 1.89. The summed E-state index contributed by atoms with van der Waals surface area (Å²) in [6, 6.07) is 8.04. The third-order valence-electron chi connectivity index (χ3n) is 3.43. The Morgan fingerprint density at radius 1 is 1.21 bits per heavy atom. The number of aryl methyl sites for hydroxylation is 3. The van der Waals surface area contributed by atoms with E-state index in [1.165, 1.54) is 19.1 Å². The van der Waals surface area contributed by atoms with Crippen LogP contribution >= 0.6 is 0 Å². The molecule has 0 spiro atoms. The molecule has 2 aromatic rings. The second kappa shape index (κ2) is 7.59. The SMILES string of the molecule is CC(=O)Nc1ccc(S(=O)(=O)NCCCn2nc(C)cc2C)cc1. The van der Waals surface area contributed by atoms with Crippen molar-refractivity contribution >= 4 is 21.6 Å². The lowest BCUT2D eigenvalue weighted by Gasteiger charge is -2.09. The minimum atomic E-state index is -3.56. The quantitative estimate of drug-likeness (QED) is 0.745. The maximum atomic E-state index is 12.2. The molecule has 24 heavy (non-hydrogen) atoms. The van der Waals surface area contributed by atoms with Gasteiger partial charge in [0.15, 0.2) is 0 Å². The van der Waals surface area contributed by atoms with Crippen molar-refractivity contribution in [2.75, 3.05) is 11.9 Å². The van der Waals surface area contributed by atoms with E-state index in [0.717, 1.165) is 11.4 Å². The summed E-state index contributed by atoms with van der Waals surface area (Å²) in [7, 11) is -3.56. The van der Waals surface area contributed by atoms with Crippen LogP contribution in [0.25, 0.3) is 0 Å². The Morgan fingerprint density at radius 3 is 2.42 bits per heavy atom. The number of anilines is 1. The van der Waals surface area contributed by atoms with Gasteiger partial charge in [-0.25, -0.2) is 13.1 Å². The van der Waals surface area contributed by atoms with Crippen LogP contribution in [-0.4, -0.2) is 30.7 Å². The standard InChI is InChI=1S/C16H22N4O3S/c1-12-11-13(2)20(19-12)10-4-9-17-24(22,23)16-7-5-15(6-8-16)18-14(3)21/h5-8,11,17H,4,9-10H2,1-3H3,(H,18,21). The lowest BCUT2D eigenvalue weighted by atomic mass is 10.3. The van der Waals surface area contributed by atoms with Crippen molar-refractivity contribution in [1.29, 1.82) is 0 Å². The molecule has 0 unspecified atom stereocenters. The van der Waals surface area contributed by atoms with Crippen molar-refractivity contribution in [2.45, 2.75) is 38.6 Å². The van der Waals surface area contributed by atoms with Crippen molar-refractivity contribution in [1.82, 2.24) is 14.5 Å². The molecule has 0 radical (unpaired) electrons. The molecule has 0 fully saturated rings. The van der Waals surface area contributed by atoms with Gasteiger partial charge in [-0.3, -0.25) is 9.48 Å². The summed E-state index contributed by atoms with van der Waals surface area (Å²) in [6.45, 7) is 6.28. The molecule has 0 aliphatic carbocycles. The second-order valence-electron chi connectivity index (χ2n) is 5.61. The number of nitrogens with zero attached hydrogens (tertiary/aromatic N) is 2. The summed E-state index contributed by atoms with van der Waals surface area (Å²) in [4.78, 5) is 11.1. The fourth-order valence-corrected chi connectivity index (χ4v) is 3.41. The lowest BCUT2D eigenvalue weighted by Crippen LogP contribution is -2.25. The van der Waals surface area contributed by atoms with Crippen molar-refractivity contribution in [3.63, 3.8) is 0 Å². The summed E-state index contributed by atoms with van der Waals surface area (Å²) in [5.74, 6) is -0.201. The second-order valence-corrected chi connectivity index (χ2v) is 7.37. The van der Waals surface area contributed by atoms with E-state index in [9.17, 15) is 13.2 Å². The van der Waals surface area contributed by atoms with Gasteiger partial charge in [-0.2, -0.15) is 5.10 Å². The Labute approximate surface area is 142 Å². The summed E-state index contributed by atoms with van der Waals surface area (Å²) < 4.78 is 28.9. The van der Waals surface area contributed by atoms with Crippen LogP contribution < -0.4 is 10.0 Å². The normalized spacial score (nSPS) is 11.5. The molecule has 0 atom stereocenters. The van der Waals surface area contributed by atoms with E-state index in [1.54, 1.807) is 12.1 Å². The molecule has 1 amide bonds. The van der Waals surface area contributed by atoms with Crippen LogP contribution in [0.2, 0.25) is 0 Å². The van der Waals surface area contributed by atoms with Crippen LogP contribution in [-0.2, 0) is 21.4 Å². The van der Waals surface area contributed by atoms with E-state index in [1.807, 2.05) is 24.6 Å². The minimum absolute atomic E-state index is 0.169. The summed E-state index contributed by atoms with van der Waals surface area (Å²) in [5.41, 5.74) is 2.57. The number of amides is 1. The number of nitrogens with one attached hydrogen (secondary N) is 2. The summed E-state index contributed by atoms with van der Waals surface area (Å²) >= 11 is 0. The van der Waals surface area contributed by atoms with Gasteiger partial charge >= 0.3 is 0 Å². The number of carbonyl (C=O) groups is 1.